The van der Waals surface area contributed by atoms with Crippen molar-refractivity contribution in [2.75, 3.05) is 46.2 Å². The predicted molar refractivity (Wildman–Crippen MR) is 117 cm³/mol. The van der Waals surface area contributed by atoms with Crippen molar-refractivity contribution in [2.45, 2.75) is 18.9 Å². The number of aryl methyl sites for hydroxylation is 1. The fourth-order valence-corrected chi connectivity index (χ4v) is 3.15. The van der Waals surface area contributed by atoms with Crippen LogP contribution in [0, 0.1) is 0 Å². The summed E-state index contributed by atoms with van der Waals surface area (Å²) in [6.45, 7) is 0.884. The molecule has 0 aliphatic heterocycles. The third-order valence-corrected chi connectivity index (χ3v) is 4.95. The Morgan fingerprint density at radius 2 is 1.55 bits per heavy atom. The first kappa shape index (κ1) is 22.4. The Kier molecular flexibility index (Phi) is 8.68. The van der Waals surface area contributed by atoms with Crippen molar-refractivity contribution in [2.24, 2.45) is 0 Å². The topological polar surface area (TPSA) is 65.9 Å². The van der Waals surface area contributed by atoms with E-state index < -0.39 is 11.8 Å². The smallest absolute Gasteiger partial charge is 0.309 e. The first-order valence-electron chi connectivity index (χ1n) is 10.1. The molecule has 0 saturated heterocycles. The zero-order chi connectivity index (χ0) is 21.2. The number of rotatable bonds is 9. The van der Waals surface area contributed by atoms with Gasteiger partial charge in [-0.3, -0.25) is 9.59 Å². The summed E-state index contributed by atoms with van der Waals surface area (Å²) < 4.78 is 0. The molecule has 2 amide bonds. The monoisotopic (exact) mass is 397 g/mol. The summed E-state index contributed by atoms with van der Waals surface area (Å²) in [6, 6.07) is 18.4. The van der Waals surface area contributed by atoms with Gasteiger partial charge in [-0.25, -0.2) is 0 Å². The minimum atomic E-state index is -0.583. The van der Waals surface area contributed by atoms with Gasteiger partial charge in [0.2, 0.25) is 0 Å². The molecular weight excluding hydrogens is 364 g/mol. The number of hydrogen-bond donors (Lipinski definition) is 3. The molecule has 6 nitrogen and oxygen atoms in total. The Hall–Kier alpha value is -2.86. The Labute approximate surface area is 173 Å². The van der Waals surface area contributed by atoms with E-state index in [2.05, 4.69) is 47.0 Å². The van der Waals surface area contributed by atoms with Gasteiger partial charge in [-0.1, -0.05) is 42.5 Å². The van der Waals surface area contributed by atoms with Crippen LogP contribution < -0.4 is 20.4 Å². The van der Waals surface area contributed by atoms with Crippen molar-refractivity contribution in [3.05, 3.63) is 65.7 Å². The summed E-state index contributed by atoms with van der Waals surface area (Å²) in [4.78, 5) is 27.5. The highest BCUT2D eigenvalue weighted by atomic mass is 16.2. The second kappa shape index (κ2) is 11.2. The average molecular weight is 398 g/mol. The van der Waals surface area contributed by atoms with Gasteiger partial charge < -0.3 is 20.4 Å². The highest BCUT2D eigenvalue weighted by Gasteiger charge is 2.21. The van der Waals surface area contributed by atoms with Gasteiger partial charge in [0.1, 0.15) is 6.04 Å². The van der Waals surface area contributed by atoms with Crippen LogP contribution in [0.5, 0.6) is 0 Å². The van der Waals surface area contributed by atoms with Gasteiger partial charge in [-0.2, -0.15) is 0 Å². The third kappa shape index (κ3) is 7.23. The molecular formula is C23H33N4O2+. The SMILES string of the molecule is CN(C)c1ccc([C@H](CNC(=O)C(=O)NCCCc2ccccc2)[NH+](C)C)cc1. The lowest BCUT2D eigenvalue weighted by Gasteiger charge is -2.23. The lowest BCUT2D eigenvalue weighted by molar-refractivity contribution is -0.890. The van der Waals surface area contributed by atoms with Gasteiger partial charge in [-0.05, 0) is 30.5 Å². The Bertz CT molecular complexity index is 773. The van der Waals surface area contributed by atoms with E-state index in [1.54, 1.807) is 0 Å². The summed E-state index contributed by atoms with van der Waals surface area (Å²) in [7, 11) is 8.09. The van der Waals surface area contributed by atoms with Crippen molar-refractivity contribution in [3.63, 3.8) is 0 Å². The fraction of sp³-hybridized carbons (Fsp3) is 0.391. The van der Waals surface area contributed by atoms with Crippen LogP contribution in [-0.4, -0.2) is 53.1 Å². The normalized spacial score (nSPS) is 11.8. The van der Waals surface area contributed by atoms with E-state index in [0.29, 0.717) is 13.1 Å². The fourth-order valence-electron chi connectivity index (χ4n) is 3.15. The predicted octanol–water partition coefficient (Wildman–Crippen LogP) is 0.803. The highest BCUT2D eigenvalue weighted by Crippen LogP contribution is 2.16. The van der Waals surface area contributed by atoms with Crippen LogP contribution >= 0.6 is 0 Å². The lowest BCUT2D eigenvalue weighted by Crippen LogP contribution is -3.07. The van der Waals surface area contributed by atoms with Crippen molar-refractivity contribution >= 4 is 17.5 Å². The Morgan fingerprint density at radius 1 is 0.931 bits per heavy atom. The number of carbonyl (C=O) groups excluding carboxylic acids is 2. The Morgan fingerprint density at radius 3 is 2.14 bits per heavy atom. The van der Waals surface area contributed by atoms with E-state index in [1.807, 2.05) is 51.3 Å². The van der Waals surface area contributed by atoms with Gasteiger partial charge in [-0.15, -0.1) is 0 Å². The zero-order valence-corrected chi connectivity index (χ0v) is 17.9. The van der Waals surface area contributed by atoms with E-state index in [-0.39, 0.29) is 6.04 Å². The van der Waals surface area contributed by atoms with E-state index in [4.69, 9.17) is 0 Å². The van der Waals surface area contributed by atoms with Gasteiger partial charge in [0.25, 0.3) is 0 Å². The van der Waals surface area contributed by atoms with Crippen molar-refractivity contribution < 1.29 is 14.5 Å². The average Bonchev–Trinajstić information content (AvgIpc) is 2.72. The number of hydrogen-bond acceptors (Lipinski definition) is 3. The van der Waals surface area contributed by atoms with Gasteiger partial charge in [0, 0.05) is 31.9 Å². The molecule has 2 aromatic rings. The van der Waals surface area contributed by atoms with Gasteiger partial charge in [0.05, 0.1) is 20.6 Å². The molecule has 0 aliphatic carbocycles. The Balaban J connectivity index is 1.79. The summed E-state index contributed by atoms with van der Waals surface area (Å²) >= 11 is 0. The number of likely N-dealkylation sites (N-methyl/N-ethyl adjacent to an activating group) is 1. The zero-order valence-electron chi connectivity index (χ0n) is 17.9. The molecule has 0 spiro atoms. The largest absolute Gasteiger partial charge is 0.378 e. The molecule has 0 fully saturated rings. The molecule has 156 valence electrons. The van der Waals surface area contributed by atoms with E-state index in [9.17, 15) is 9.59 Å². The van der Waals surface area contributed by atoms with Crippen LogP contribution in [0.3, 0.4) is 0 Å². The summed E-state index contributed by atoms with van der Waals surface area (Å²) in [5.74, 6) is -1.16. The number of nitrogens with one attached hydrogen (secondary N) is 3. The second-order valence-corrected chi connectivity index (χ2v) is 7.67. The quantitative estimate of drug-likeness (QED) is 0.433. The summed E-state index contributed by atoms with van der Waals surface area (Å²) in [5.41, 5.74) is 3.47. The maximum Gasteiger partial charge on any atom is 0.309 e. The minimum Gasteiger partial charge on any atom is -0.378 e. The molecule has 6 heteroatoms. The molecule has 0 radical (unpaired) electrons. The number of amides is 2. The van der Waals surface area contributed by atoms with Gasteiger partial charge >= 0.3 is 11.8 Å². The van der Waals surface area contributed by atoms with Crippen LogP contribution in [0.4, 0.5) is 5.69 Å². The molecule has 0 bridgehead atoms. The van der Waals surface area contributed by atoms with Crippen molar-refractivity contribution in [1.82, 2.24) is 10.6 Å². The summed E-state index contributed by atoms with van der Waals surface area (Å²) in [6.07, 6.45) is 1.67. The maximum absolute atomic E-state index is 12.2. The van der Waals surface area contributed by atoms with Gasteiger partial charge in [0.15, 0.2) is 0 Å². The molecule has 0 saturated carbocycles. The minimum absolute atomic E-state index is 0.0704. The summed E-state index contributed by atoms with van der Waals surface area (Å²) in [5, 5.41) is 5.48. The van der Waals surface area contributed by atoms with Crippen LogP contribution in [0.1, 0.15) is 23.6 Å². The highest BCUT2D eigenvalue weighted by molar-refractivity contribution is 6.35. The lowest BCUT2D eigenvalue weighted by atomic mass is 10.1. The van der Waals surface area contributed by atoms with E-state index in [1.165, 1.54) is 10.5 Å². The molecule has 3 N–H and O–H groups in total. The van der Waals surface area contributed by atoms with E-state index >= 15 is 0 Å². The first-order valence-corrected chi connectivity index (χ1v) is 10.1. The molecule has 2 aromatic carbocycles. The molecule has 2 rings (SSSR count). The molecule has 0 aromatic heterocycles. The molecule has 0 heterocycles. The molecule has 0 unspecified atom stereocenters. The van der Waals surface area contributed by atoms with Crippen molar-refractivity contribution in [3.8, 4) is 0 Å². The van der Waals surface area contributed by atoms with Crippen LogP contribution in [0.15, 0.2) is 54.6 Å². The number of quaternary nitrogens is 1. The standard InChI is InChI=1S/C23H32N4O2/c1-26(2)20-14-12-19(13-15-20)21(27(3)4)17-25-23(29)22(28)24-16-8-11-18-9-6-5-7-10-18/h5-7,9-10,12-15,21H,8,11,16-17H2,1-4H3,(H,24,28)(H,25,29)/p+1/t21-/m0/s1. The first-order chi connectivity index (χ1) is 13.9. The van der Waals surface area contributed by atoms with Crippen LogP contribution in [0.2, 0.25) is 0 Å². The van der Waals surface area contributed by atoms with Crippen LogP contribution in [0.25, 0.3) is 0 Å². The molecule has 1 atom stereocenters. The molecule has 29 heavy (non-hydrogen) atoms. The number of benzene rings is 2. The second-order valence-electron chi connectivity index (χ2n) is 7.67. The third-order valence-electron chi connectivity index (χ3n) is 4.95. The van der Waals surface area contributed by atoms with Crippen LogP contribution in [-0.2, 0) is 16.0 Å². The number of nitrogens with zero attached hydrogens (tertiary/aromatic N) is 1. The van der Waals surface area contributed by atoms with Crippen molar-refractivity contribution in [1.29, 1.82) is 0 Å². The molecule has 0 aliphatic rings. The number of anilines is 1. The van der Waals surface area contributed by atoms with E-state index in [0.717, 1.165) is 24.1 Å². The maximum atomic E-state index is 12.2. The number of carbonyl (C=O) groups is 2.